The first-order chi connectivity index (χ1) is 9.09. The first-order valence-corrected chi connectivity index (χ1v) is 8.00. The van der Waals surface area contributed by atoms with Gasteiger partial charge in [0, 0.05) is 0 Å². The maximum atomic E-state index is 11.4. The SMILES string of the molecule is O=C(O)c1ccsc1C1(O)C2CC3CC(C2)CC1C3. The summed E-state index contributed by atoms with van der Waals surface area (Å²) in [7, 11) is 0. The fraction of sp³-hybridized carbons (Fsp3) is 0.667. The number of carbonyl (C=O) groups is 1. The Kier molecular flexibility index (Phi) is 2.40. The van der Waals surface area contributed by atoms with Crippen molar-refractivity contribution in [1.82, 2.24) is 0 Å². The summed E-state index contributed by atoms with van der Waals surface area (Å²) in [5.41, 5.74) is -0.546. The first kappa shape index (κ1) is 11.9. The Bertz CT molecular complexity index is 505. The van der Waals surface area contributed by atoms with Crippen molar-refractivity contribution in [3.05, 3.63) is 21.9 Å². The Balaban J connectivity index is 1.81. The van der Waals surface area contributed by atoms with E-state index in [1.54, 1.807) is 6.07 Å². The predicted molar refractivity (Wildman–Crippen MR) is 72.2 cm³/mol. The molecule has 0 aliphatic heterocycles. The lowest BCUT2D eigenvalue weighted by atomic mass is 9.49. The molecule has 0 radical (unpaired) electrons. The molecule has 4 bridgehead atoms. The summed E-state index contributed by atoms with van der Waals surface area (Å²) >= 11 is 1.43. The van der Waals surface area contributed by atoms with Crippen molar-refractivity contribution in [2.24, 2.45) is 23.7 Å². The van der Waals surface area contributed by atoms with Crippen LogP contribution in [-0.2, 0) is 5.60 Å². The minimum Gasteiger partial charge on any atom is -0.478 e. The molecule has 0 spiro atoms. The Labute approximate surface area is 116 Å². The van der Waals surface area contributed by atoms with Gasteiger partial charge in [-0.1, -0.05) is 0 Å². The van der Waals surface area contributed by atoms with E-state index >= 15 is 0 Å². The van der Waals surface area contributed by atoms with Gasteiger partial charge in [0.05, 0.1) is 10.4 Å². The molecule has 102 valence electrons. The molecular formula is C15H18O3S. The molecule has 4 saturated carbocycles. The van der Waals surface area contributed by atoms with Crippen LogP contribution in [0.4, 0.5) is 0 Å². The number of carboxylic acids is 1. The van der Waals surface area contributed by atoms with Crippen LogP contribution in [-0.4, -0.2) is 16.2 Å². The maximum Gasteiger partial charge on any atom is 0.336 e. The third-order valence-electron chi connectivity index (χ3n) is 5.64. The summed E-state index contributed by atoms with van der Waals surface area (Å²) in [6.45, 7) is 0. The van der Waals surface area contributed by atoms with Crippen LogP contribution >= 0.6 is 11.3 Å². The minimum absolute atomic E-state index is 0.278. The molecule has 0 unspecified atom stereocenters. The smallest absolute Gasteiger partial charge is 0.336 e. The van der Waals surface area contributed by atoms with Gasteiger partial charge in [0.25, 0.3) is 0 Å². The van der Waals surface area contributed by atoms with Crippen molar-refractivity contribution in [3.63, 3.8) is 0 Å². The molecule has 4 aliphatic carbocycles. The van der Waals surface area contributed by atoms with Crippen molar-refractivity contribution in [3.8, 4) is 0 Å². The molecule has 2 N–H and O–H groups in total. The Morgan fingerprint density at radius 1 is 1.16 bits per heavy atom. The van der Waals surface area contributed by atoms with Gasteiger partial charge in [-0.3, -0.25) is 0 Å². The van der Waals surface area contributed by atoms with Crippen molar-refractivity contribution in [2.75, 3.05) is 0 Å². The highest BCUT2D eigenvalue weighted by atomic mass is 32.1. The van der Waals surface area contributed by atoms with Crippen LogP contribution in [0.15, 0.2) is 11.4 Å². The highest BCUT2D eigenvalue weighted by Gasteiger charge is 2.58. The molecule has 0 aromatic carbocycles. The summed E-state index contributed by atoms with van der Waals surface area (Å²) in [4.78, 5) is 12.1. The lowest BCUT2D eigenvalue weighted by Gasteiger charge is -2.58. The Morgan fingerprint density at radius 3 is 2.26 bits per heavy atom. The summed E-state index contributed by atoms with van der Waals surface area (Å²) in [6, 6.07) is 1.64. The zero-order valence-electron chi connectivity index (χ0n) is 10.7. The second-order valence-corrected chi connectivity index (χ2v) is 7.51. The standard InChI is InChI=1S/C15H18O3S/c16-14(17)12-1-2-19-13(12)15(18)10-4-8-3-9(6-10)7-11(15)5-8/h1-2,8-11,18H,3-7H2,(H,16,17). The van der Waals surface area contributed by atoms with Gasteiger partial charge in [0.1, 0.15) is 5.60 Å². The Hall–Kier alpha value is -0.870. The van der Waals surface area contributed by atoms with Crippen LogP contribution in [0.1, 0.15) is 47.3 Å². The van der Waals surface area contributed by atoms with Crippen molar-refractivity contribution >= 4 is 17.3 Å². The van der Waals surface area contributed by atoms with E-state index in [4.69, 9.17) is 0 Å². The average molecular weight is 278 g/mol. The third kappa shape index (κ3) is 1.50. The molecule has 0 saturated heterocycles. The molecule has 4 aliphatic rings. The van der Waals surface area contributed by atoms with Crippen LogP contribution < -0.4 is 0 Å². The number of thiophene rings is 1. The average Bonchev–Trinajstić information content (AvgIpc) is 2.84. The van der Waals surface area contributed by atoms with Gasteiger partial charge in [-0.05, 0) is 67.2 Å². The molecular weight excluding hydrogens is 260 g/mol. The monoisotopic (exact) mass is 278 g/mol. The number of aromatic carboxylic acids is 1. The van der Waals surface area contributed by atoms with Gasteiger partial charge in [0.15, 0.2) is 0 Å². The van der Waals surface area contributed by atoms with Crippen LogP contribution in [0.5, 0.6) is 0 Å². The van der Waals surface area contributed by atoms with Gasteiger partial charge in [-0.2, -0.15) is 0 Å². The van der Waals surface area contributed by atoms with Crippen LogP contribution in [0.25, 0.3) is 0 Å². The third-order valence-corrected chi connectivity index (χ3v) is 6.70. The second-order valence-electron chi connectivity index (χ2n) is 6.60. The fourth-order valence-corrected chi connectivity index (χ4v) is 6.21. The van der Waals surface area contributed by atoms with Crippen molar-refractivity contribution in [2.45, 2.75) is 37.7 Å². The van der Waals surface area contributed by atoms with Crippen LogP contribution in [0, 0.1) is 23.7 Å². The molecule has 1 heterocycles. The van der Waals surface area contributed by atoms with E-state index in [-0.39, 0.29) is 11.8 Å². The summed E-state index contributed by atoms with van der Waals surface area (Å²) < 4.78 is 0. The lowest BCUT2D eigenvalue weighted by molar-refractivity contribution is -0.177. The van der Waals surface area contributed by atoms with Gasteiger partial charge in [-0.15, -0.1) is 11.3 Å². The molecule has 5 rings (SSSR count). The van der Waals surface area contributed by atoms with Gasteiger partial charge in [0.2, 0.25) is 0 Å². The van der Waals surface area contributed by atoms with Crippen LogP contribution in [0.3, 0.4) is 0 Å². The number of carboxylic acid groups (broad SMARTS) is 1. The van der Waals surface area contributed by atoms with E-state index in [1.165, 1.54) is 17.8 Å². The zero-order chi connectivity index (χ0) is 13.2. The highest BCUT2D eigenvalue weighted by Crippen LogP contribution is 2.62. The first-order valence-electron chi connectivity index (χ1n) is 7.12. The largest absolute Gasteiger partial charge is 0.478 e. The number of hydrogen-bond donors (Lipinski definition) is 2. The molecule has 19 heavy (non-hydrogen) atoms. The summed E-state index contributed by atoms with van der Waals surface area (Å²) in [6.07, 6.45) is 5.67. The van der Waals surface area contributed by atoms with Gasteiger partial charge < -0.3 is 10.2 Å². The van der Waals surface area contributed by atoms with Gasteiger partial charge in [-0.25, -0.2) is 4.79 Å². The highest BCUT2D eigenvalue weighted by molar-refractivity contribution is 7.10. The molecule has 1 aromatic heterocycles. The zero-order valence-corrected chi connectivity index (χ0v) is 11.5. The lowest BCUT2D eigenvalue weighted by Crippen LogP contribution is -2.55. The minimum atomic E-state index is -0.904. The number of aliphatic hydroxyl groups is 1. The number of rotatable bonds is 2. The normalized spacial score (nSPS) is 43.6. The van der Waals surface area contributed by atoms with E-state index < -0.39 is 11.6 Å². The van der Waals surface area contributed by atoms with Crippen molar-refractivity contribution < 1.29 is 15.0 Å². The van der Waals surface area contributed by atoms with E-state index in [2.05, 4.69) is 0 Å². The van der Waals surface area contributed by atoms with Crippen LogP contribution in [0.2, 0.25) is 0 Å². The fourth-order valence-electron chi connectivity index (χ4n) is 5.06. The van der Waals surface area contributed by atoms with E-state index in [0.29, 0.717) is 10.4 Å². The Morgan fingerprint density at radius 2 is 1.74 bits per heavy atom. The molecule has 3 nitrogen and oxygen atoms in total. The molecule has 4 heteroatoms. The predicted octanol–water partition coefficient (Wildman–Crippen LogP) is 3.09. The number of hydrogen-bond acceptors (Lipinski definition) is 3. The van der Waals surface area contributed by atoms with Gasteiger partial charge >= 0.3 is 5.97 Å². The molecule has 1 aromatic rings. The summed E-state index contributed by atoms with van der Waals surface area (Å²) in [5.74, 6) is 1.20. The maximum absolute atomic E-state index is 11.4. The molecule has 0 amide bonds. The second kappa shape index (κ2) is 3.83. The van der Waals surface area contributed by atoms with E-state index in [9.17, 15) is 15.0 Å². The summed E-state index contributed by atoms with van der Waals surface area (Å²) in [5, 5.41) is 22.5. The topological polar surface area (TPSA) is 57.5 Å². The van der Waals surface area contributed by atoms with E-state index in [1.807, 2.05) is 5.38 Å². The van der Waals surface area contributed by atoms with Crippen molar-refractivity contribution in [1.29, 1.82) is 0 Å². The quantitative estimate of drug-likeness (QED) is 0.874. The van der Waals surface area contributed by atoms with E-state index in [0.717, 1.165) is 37.5 Å². The molecule has 0 atom stereocenters. The molecule has 4 fully saturated rings.